The number of rotatable bonds is 3. The molecule has 0 fully saturated rings. The molecule has 0 radical (unpaired) electrons. The van der Waals surface area contributed by atoms with Crippen molar-refractivity contribution in [2.45, 2.75) is 53.8 Å². The predicted molar refractivity (Wildman–Crippen MR) is 150 cm³/mol. The molecule has 3 heteroatoms. The van der Waals surface area contributed by atoms with E-state index < -0.39 is 7.92 Å². The van der Waals surface area contributed by atoms with Gasteiger partial charge < -0.3 is 9.47 Å². The van der Waals surface area contributed by atoms with Crippen LogP contribution in [0.2, 0.25) is 0 Å². The lowest BCUT2D eigenvalue weighted by molar-refractivity contribution is 0.0762. The first-order valence-corrected chi connectivity index (χ1v) is 13.7. The molecule has 0 saturated heterocycles. The van der Waals surface area contributed by atoms with E-state index >= 15 is 0 Å². The van der Waals surface area contributed by atoms with Crippen LogP contribution in [0.5, 0.6) is 11.5 Å². The third kappa shape index (κ3) is 4.73. The molecular weight excluding hydrogens is 447 g/mol. The van der Waals surface area contributed by atoms with E-state index in [1.165, 1.54) is 38.2 Å². The van der Waals surface area contributed by atoms with Gasteiger partial charge in [-0.25, -0.2) is 0 Å². The lowest BCUT2D eigenvalue weighted by Crippen LogP contribution is -2.33. The molecule has 0 unspecified atom stereocenters. The smallest absolute Gasteiger partial charge is 0.132 e. The van der Waals surface area contributed by atoms with Crippen LogP contribution in [0.25, 0.3) is 11.1 Å². The Hall–Kier alpha value is -3.09. The second kappa shape index (κ2) is 9.51. The number of hydrogen-bond acceptors (Lipinski definition) is 2. The van der Waals surface area contributed by atoms with E-state index in [9.17, 15) is 0 Å². The molecule has 0 aromatic heterocycles. The monoisotopic (exact) mass is 480 g/mol. The van der Waals surface area contributed by atoms with Crippen LogP contribution < -0.4 is 25.4 Å². The maximum atomic E-state index is 6.55. The summed E-state index contributed by atoms with van der Waals surface area (Å²) in [6.45, 7) is 12.9. The number of ether oxygens (including phenoxy) is 2. The molecule has 0 bridgehead atoms. The van der Waals surface area contributed by atoms with E-state index in [1.807, 2.05) is 0 Å². The Kier molecular flexibility index (Phi) is 6.43. The summed E-state index contributed by atoms with van der Waals surface area (Å²) in [5.41, 5.74) is 7.40. The van der Waals surface area contributed by atoms with Gasteiger partial charge >= 0.3 is 0 Å². The molecule has 5 rings (SSSR count). The third-order valence-corrected chi connectivity index (χ3v) is 9.02. The Morgan fingerprint density at radius 3 is 1.63 bits per heavy atom. The Labute approximate surface area is 210 Å². The zero-order chi connectivity index (χ0) is 24.7. The second-order valence-corrected chi connectivity index (χ2v) is 12.0. The van der Waals surface area contributed by atoms with Crippen LogP contribution >= 0.6 is 7.92 Å². The van der Waals surface area contributed by atoms with E-state index in [-0.39, 0.29) is 12.2 Å². The van der Waals surface area contributed by atoms with Gasteiger partial charge in [-0.2, -0.15) is 0 Å². The van der Waals surface area contributed by atoms with Crippen molar-refractivity contribution in [1.29, 1.82) is 0 Å². The maximum Gasteiger partial charge on any atom is 0.132 e. The lowest BCUT2D eigenvalue weighted by Gasteiger charge is -2.31. The minimum Gasteiger partial charge on any atom is -0.486 e. The molecule has 1 aliphatic heterocycles. The van der Waals surface area contributed by atoms with Crippen LogP contribution in [0.3, 0.4) is 0 Å². The minimum atomic E-state index is -0.831. The average molecular weight is 481 g/mol. The maximum absolute atomic E-state index is 6.55. The molecule has 0 N–H and O–H groups in total. The van der Waals surface area contributed by atoms with Gasteiger partial charge in [-0.15, -0.1) is 0 Å². The highest BCUT2D eigenvalue weighted by Gasteiger charge is 2.29. The highest BCUT2D eigenvalue weighted by atomic mass is 31.1. The van der Waals surface area contributed by atoms with Gasteiger partial charge in [0, 0.05) is 11.1 Å². The number of hydrogen-bond donors (Lipinski definition) is 0. The van der Waals surface area contributed by atoms with Crippen molar-refractivity contribution in [3.63, 3.8) is 0 Å². The fourth-order valence-electron chi connectivity index (χ4n) is 5.03. The van der Waals surface area contributed by atoms with Gasteiger partial charge in [0.25, 0.3) is 0 Å². The topological polar surface area (TPSA) is 18.5 Å². The van der Waals surface area contributed by atoms with Gasteiger partial charge in [0.2, 0.25) is 0 Å². The fourth-order valence-corrected chi connectivity index (χ4v) is 7.90. The normalized spacial score (nSPS) is 17.0. The summed E-state index contributed by atoms with van der Waals surface area (Å²) in [6.07, 6.45) is -0.112. The lowest BCUT2D eigenvalue weighted by atomic mass is 10.0. The number of benzene rings is 4. The van der Waals surface area contributed by atoms with Crippen molar-refractivity contribution in [1.82, 2.24) is 0 Å². The zero-order valence-corrected chi connectivity index (χ0v) is 22.3. The number of aryl methyl sites for hydroxylation is 4. The van der Waals surface area contributed by atoms with Gasteiger partial charge in [-0.05, 0) is 77.5 Å². The third-order valence-electron chi connectivity index (χ3n) is 6.62. The molecule has 1 aliphatic rings. The quantitative estimate of drug-likeness (QED) is 0.297. The second-order valence-electron chi connectivity index (χ2n) is 9.82. The molecule has 178 valence electrons. The van der Waals surface area contributed by atoms with Crippen molar-refractivity contribution in [3.8, 4) is 22.6 Å². The van der Waals surface area contributed by atoms with Gasteiger partial charge in [-0.1, -0.05) is 89.0 Å². The highest BCUT2D eigenvalue weighted by Crippen LogP contribution is 2.45. The van der Waals surface area contributed by atoms with Crippen LogP contribution in [0.4, 0.5) is 0 Å². The molecule has 0 amide bonds. The Morgan fingerprint density at radius 1 is 0.571 bits per heavy atom. The fraction of sp³-hybridized carbons (Fsp3) is 0.250. The van der Waals surface area contributed by atoms with Crippen molar-refractivity contribution in [2.24, 2.45) is 0 Å². The molecule has 4 aromatic carbocycles. The molecule has 4 aromatic rings. The van der Waals surface area contributed by atoms with E-state index in [1.54, 1.807) is 0 Å². The Bertz CT molecular complexity index is 1300. The van der Waals surface area contributed by atoms with Crippen LogP contribution in [0.1, 0.15) is 36.1 Å². The summed E-state index contributed by atoms with van der Waals surface area (Å²) in [7, 11) is -0.831. The van der Waals surface area contributed by atoms with Crippen LogP contribution in [-0.2, 0) is 0 Å². The van der Waals surface area contributed by atoms with E-state index in [2.05, 4.69) is 120 Å². The van der Waals surface area contributed by atoms with E-state index in [0.29, 0.717) is 0 Å². The molecule has 0 aliphatic carbocycles. The first-order valence-electron chi connectivity index (χ1n) is 12.3. The number of fused-ring (bicyclic) bond motifs is 3. The summed E-state index contributed by atoms with van der Waals surface area (Å²) < 4.78 is 13.0. The van der Waals surface area contributed by atoms with Crippen molar-refractivity contribution >= 4 is 23.8 Å². The van der Waals surface area contributed by atoms with Crippen LogP contribution in [0.15, 0.2) is 78.9 Å². The van der Waals surface area contributed by atoms with Crippen molar-refractivity contribution < 1.29 is 9.47 Å². The molecule has 2 nitrogen and oxygen atoms in total. The summed E-state index contributed by atoms with van der Waals surface area (Å²) >= 11 is 0. The molecule has 35 heavy (non-hydrogen) atoms. The van der Waals surface area contributed by atoms with E-state index in [0.717, 1.165) is 22.6 Å². The first kappa shape index (κ1) is 23.6. The van der Waals surface area contributed by atoms with Gasteiger partial charge in [-0.3, -0.25) is 0 Å². The SMILES string of the molecule is Cc1cc(C)cc(P(c2cc(C)cc(C)c2)c2cccc3c2-c2ccccc2O[C@@H](C)[C@H](C)O3)c1. The van der Waals surface area contributed by atoms with Gasteiger partial charge in [0.1, 0.15) is 23.7 Å². The van der Waals surface area contributed by atoms with Gasteiger partial charge in [0.05, 0.1) is 0 Å². The summed E-state index contributed by atoms with van der Waals surface area (Å²) in [4.78, 5) is 0. The summed E-state index contributed by atoms with van der Waals surface area (Å²) in [5, 5.41) is 4.01. The average Bonchev–Trinajstić information content (AvgIpc) is 2.78. The summed E-state index contributed by atoms with van der Waals surface area (Å²) in [5.74, 6) is 1.85. The van der Waals surface area contributed by atoms with E-state index in [4.69, 9.17) is 9.47 Å². The molecular formula is C32H33O2P. The van der Waals surface area contributed by atoms with Crippen molar-refractivity contribution in [2.75, 3.05) is 0 Å². The molecule has 0 spiro atoms. The molecule has 0 saturated carbocycles. The Morgan fingerprint density at radius 2 is 1.06 bits per heavy atom. The van der Waals surface area contributed by atoms with Crippen molar-refractivity contribution in [3.05, 3.63) is 101 Å². The Balaban J connectivity index is 1.83. The predicted octanol–water partition coefficient (Wildman–Crippen LogP) is 6.89. The van der Waals surface area contributed by atoms with Crippen LogP contribution in [-0.4, -0.2) is 12.2 Å². The first-order chi connectivity index (χ1) is 16.8. The van der Waals surface area contributed by atoms with Crippen LogP contribution in [0, 0.1) is 27.7 Å². The number of para-hydroxylation sites is 1. The highest BCUT2D eigenvalue weighted by molar-refractivity contribution is 7.80. The minimum absolute atomic E-state index is 0.0479. The standard InChI is InChI=1S/C32H33O2P/c1-20-14-21(2)17-26(16-20)35(27-18-22(3)15-23(4)19-27)31-13-9-12-30-32(31)28-10-7-8-11-29(28)33-24(5)25(6)34-30/h7-19,24-25H,1-6H3/t24-,25-/m0/s1. The molecule has 2 atom stereocenters. The zero-order valence-electron chi connectivity index (χ0n) is 21.4. The summed E-state index contributed by atoms with van der Waals surface area (Å²) in [6, 6.07) is 28.9. The molecule has 1 heterocycles. The largest absolute Gasteiger partial charge is 0.486 e. The van der Waals surface area contributed by atoms with Gasteiger partial charge in [0.15, 0.2) is 0 Å².